The Morgan fingerprint density at radius 2 is 2.00 bits per heavy atom. The van der Waals surface area contributed by atoms with Crippen LogP contribution < -0.4 is 20.7 Å². The number of nitrogen functional groups attached to an aromatic ring is 1. The fourth-order valence-corrected chi connectivity index (χ4v) is 2.58. The van der Waals surface area contributed by atoms with Crippen molar-refractivity contribution in [3.05, 3.63) is 18.2 Å². The number of nitrogens with two attached hydrogens (primary N) is 1. The van der Waals surface area contributed by atoms with Crippen LogP contribution in [0.2, 0.25) is 0 Å². The monoisotopic (exact) mass is 249 g/mol. The number of hydrogen-bond acceptors (Lipinski definition) is 4. The Bertz CT molecular complexity index is 398. The van der Waals surface area contributed by atoms with E-state index in [-0.39, 0.29) is 0 Å². The van der Waals surface area contributed by atoms with Crippen molar-refractivity contribution in [2.24, 2.45) is 0 Å². The second-order valence-electron chi connectivity index (χ2n) is 5.03. The van der Waals surface area contributed by atoms with Crippen molar-refractivity contribution in [2.75, 3.05) is 30.3 Å². The van der Waals surface area contributed by atoms with Crippen LogP contribution in [0.1, 0.15) is 20.8 Å². The standard InChI is InChI=1S/C14H23N3O/c1-4-18-14-6-5-12(15)7-13(14)17-8-10(2)16-11(3)9-17/h5-7,10-11,16H,4,8-9,15H2,1-3H3/t10-,11+. The van der Waals surface area contributed by atoms with E-state index in [4.69, 9.17) is 10.5 Å². The number of nitrogens with one attached hydrogen (secondary N) is 1. The SMILES string of the molecule is CCOc1ccc(N)cc1N1C[C@@H](C)N[C@@H](C)C1. The molecule has 1 aromatic carbocycles. The van der Waals surface area contributed by atoms with E-state index >= 15 is 0 Å². The van der Waals surface area contributed by atoms with Crippen molar-refractivity contribution in [3.63, 3.8) is 0 Å². The molecule has 0 radical (unpaired) electrons. The van der Waals surface area contributed by atoms with Gasteiger partial charge in [0.2, 0.25) is 0 Å². The summed E-state index contributed by atoms with van der Waals surface area (Å²) in [7, 11) is 0. The molecule has 2 atom stereocenters. The minimum absolute atomic E-state index is 0.477. The molecule has 1 aliphatic heterocycles. The molecule has 1 fully saturated rings. The zero-order valence-electron chi connectivity index (χ0n) is 11.4. The van der Waals surface area contributed by atoms with E-state index in [0.717, 1.165) is 30.2 Å². The molecule has 2 rings (SSSR count). The summed E-state index contributed by atoms with van der Waals surface area (Å²) in [5.74, 6) is 0.924. The molecule has 100 valence electrons. The van der Waals surface area contributed by atoms with Crippen LogP contribution in [-0.4, -0.2) is 31.8 Å². The largest absolute Gasteiger partial charge is 0.492 e. The molecule has 4 nitrogen and oxygen atoms in total. The molecule has 18 heavy (non-hydrogen) atoms. The zero-order valence-corrected chi connectivity index (χ0v) is 11.4. The van der Waals surface area contributed by atoms with Gasteiger partial charge in [-0.15, -0.1) is 0 Å². The minimum atomic E-state index is 0.477. The van der Waals surface area contributed by atoms with Crippen molar-refractivity contribution >= 4 is 11.4 Å². The first-order valence-electron chi connectivity index (χ1n) is 6.63. The third-order valence-corrected chi connectivity index (χ3v) is 3.18. The summed E-state index contributed by atoms with van der Waals surface area (Å²) < 4.78 is 5.70. The second-order valence-corrected chi connectivity index (χ2v) is 5.03. The number of hydrogen-bond donors (Lipinski definition) is 2. The van der Waals surface area contributed by atoms with E-state index in [1.165, 1.54) is 0 Å². The Labute approximate surface area is 109 Å². The van der Waals surface area contributed by atoms with Crippen molar-refractivity contribution < 1.29 is 4.74 Å². The number of benzene rings is 1. The molecule has 0 aliphatic carbocycles. The van der Waals surface area contributed by atoms with Gasteiger partial charge in [-0.1, -0.05) is 0 Å². The van der Waals surface area contributed by atoms with Gasteiger partial charge in [-0.2, -0.15) is 0 Å². The average Bonchev–Trinajstić information content (AvgIpc) is 2.30. The fourth-order valence-electron chi connectivity index (χ4n) is 2.58. The lowest BCUT2D eigenvalue weighted by molar-refractivity contribution is 0.337. The first-order chi connectivity index (χ1) is 8.60. The van der Waals surface area contributed by atoms with Crippen LogP contribution in [0.25, 0.3) is 0 Å². The number of piperazine rings is 1. The minimum Gasteiger partial charge on any atom is -0.492 e. The summed E-state index contributed by atoms with van der Waals surface area (Å²) in [5, 5.41) is 3.53. The highest BCUT2D eigenvalue weighted by Crippen LogP contribution is 2.31. The summed E-state index contributed by atoms with van der Waals surface area (Å²) in [5.41, 5.74) is 7.79. The van der Waals surface area contributed by atoms with E-state index in [1.54, 1.807) is 0 Å². The smallest absolute Gasteiger partial charge is 0.142 e. The Morgan fingerprint density at radius 1 is 1.33 bits per heavy atom. The predicted octanol–water partition coefficient (Wildman–Crippen LogP) is 1.85. The van der Waals surface area contributed by atoms with Gasteiger partial charge in [-0.05, 0) is 39.0 Å². The average molecular weight is 249 g/mol. The molecule has 1 aromatic rings. The summed E-state index contributed by atoms with van der Waals surface area (Å²) in [4.78, 5) is 2.35. The lowest BCUT2D eigenvalue weighted by atomic mass is 10.1. The van der Waals surface area contributed by atoms with Crippen LogP contribution in [0.3, 0.4) is 0 Å². The Morgan fingerprint density at radius 3 is 2.61 bits per heavy atom. The highest BCUT2D eigenvalue weighted by Gasteiger charge is 2.23. The molecule has 0 aromatic heterocycles. The molecule has 0 bridgehead atoms. The van der Waals surface area contributed by atoms with Crippen molar-refractivity contribution in [2.45, 2.75) is 32.9 Å². The van der Waals surface area contributed by atoms with Crippen LogP contribution in [0.5, 0.6) is 5.75 Å². The predicted molar refractivity (Wildman–Crippen MR) is 76.3 cm³/mol. The molecule has 1 heterocycles. The molecule has 4 heteroatoms. The summed E-state index contributed by atoms with van der Waals surface area (Å²) in [6.07, 6.45) is 0. The van der Waals surface area contributed by atoms with Crippen molar-refractivity contribution in [1.82, 2.24) is 5.32 Å². The van der Waals surface area contributed by atoms with E-state index in [9.17, 15) is 0 Å². The van der Waals surface area contributed by atoms with E-state index < -0.39 is 0 Å². The lowest BCUT2D eigenvalue weighted by Gasteiger charge is -2.38. The van der Waals surface area contributed by atoms with Gasteiger partial charge in [0.1, 0.15) is 5.75 Å². The van der Waals surface area contributed by atoms with Crippen LogP contribution >= 0.6 is 0 Å². The molecule has 1 saturated heterocycles. The molecule has 1 aliphatic rings. The van der Waals surface area contributed by atoms with Gasteiger partial charge >= 0.3 is 0 Å². The normalized spacial score (nSPS) is 24.1. The highest BCUT2D eigenvalue weighted by atomic mass is 16.5. The van der Waals surface area contributed by atoms with E-state index in [0.29, 0.717) is 18.7 Å². The number of nitrogens with zero attached hydrogens (tertiary/aromatic N) is 1. The molecule has 0 saturated carbocycles. The Kier molecular flexibility index (Phi) is 3.97. The fraction of sp³-hybridized carbons (Fsp3) is 0.571. The van der Waals surface area contributed by atoms with Crippen molar-refractivity contribution in [1.29, 1.82) is 0 Å². The first kappa shape index (κ1) is 13.0. The molecule has 0 unspecified atom stereocenters. The maximum Gasteiger partial charge on any atom is 0.142 e. The Hall–Kier alpha value is -1.42. The lowest BCUT2D eigenvalue weighted by Crippen LogP contribution is -2.54. The van der Waals surface area contributed by atoms with Gasteiger partial charge in [-0.25, -0.2) is 0 Å². The van der Waals surface area contributed by atoms with Crippen LogP contribution in [0, 0.1) is 0 Å². The van der Waals surface area contributed by atoms with Crippen LogP contribution in [0.15, 0.2) is 18.2 Å². The van der Waals surface area contributed by atoms with Gasteiger partial charge in [0.15, 0.2) is 0 Å². The topological polar surface area (TPSA) is 50.5 Å². The van der Waals surface area contributed by atoms with Gasteiger partial charge < -0.3 is 20.7 Å². The van der Waals surface area contributed by atoms with E-state index in [2.05, 4.69) is 24.1 Å². The third-order valence-electron chi connectivity index (χ3n) is 3.18. The Balaban J connectivity index is 2.27. The third kappa shape index (κ3) is 2.88. The zero-order chi connectivity index (χ0) is 13.1. The van der Waals surface area contributed by atoms with Crippen LogP contribution in [0.4, 0.5) is 11.4 Å². The van der Waals surface area contributed by atoms with Crippen molar-refractivity contribution in [3.8, 4) is 5.75 Å². The van der Waals surface area contributed by atoms with Gasteiger partial charge in [0.05, 0.1) is 12.3 Å². The number of rotatable bonds is 3. The van der Waals surface area contributed by atoms with Gasteiger partial charge in [0.25, 0.3) is 0 Å². The number of anilines is 2. The summed E-state index contributed by atoms with van der Waals surface area (Å²) in [6, 6.07) is 6.82. The molecule has 0 spiro atoms. The van der Waals surface area contributed by atoms with E-state index in [1.807, 2.05) is 25.1 Å². The maximum atomic E-state index is 5.90. The molecular weight excluding hydrogens is 226 g/mol. The van der Waals surface area contributed by atoms with Crippen LogP contribution in [-0.2, 0) is 0 Å². The maximum absolute atomic E-state index is 5.90. The molecule has 3 N–H and O–H groups in total. The summed E-state index contributed by atoms with van der Waals surface area (Å²) >= 11 is 0. The molecular formula is C14H23N3O. The highest BCUT2D eigenvalue weighted by molar-refractivity contribution is 5.65. The first-order valence-corrected chi connectivity index (χ1v) is 6.63. The number of ether oxygens (including phenoxy) is 1. The van der Waals surface area contributed by atoms with Gasteiger partial charge in [-0.3, -0.25) is 0 Å². The quantitative estimate of drug-likeness (QED) is 0.803. The molecule has 0 amide bonds. The van der Waals surface area contributed by atoms with Gasteiger partial charge in [0, 0.05) is 30.9 Å². The summed E-state index contributed by atoms with van der Waals surface area (Å²) in [6.45, 7) is 9.05. The second kappa shape index (κ2) is 5.48.